The third-order valence-electron chi connectivity index (χ3n) is 4.45. The van der Waals surface area contributed by atoms with Crippen LogP contribution < -0.4 is 10.6 Å². The van der Waals surface area contributed by atoms with Gasteiger partial charge in [0.05, 0.1) is 15.2 Å². The molecule has 0 fully saturated rings. The number of rotatable bonds is 6. The van der Waals surface area contributed by atoms with Crippen LogP contribution in [-0.4, -0.2) is 16.6 Å². The van der Waals surface area contributed by atoms with Gasteiger partial charge in [-0.2, -0.15) is 0 Å². The second kappa shape index (κ2) is 8.95. The molecule has 1 aromatic heterocycles. The Morgan fingerprint density at radius 3 is 2.39 bits per heavy atom. The molecule has 0 saturated heterocycles. The Bertz CT molecular complexity index is 1020. The van der Waals surface area contributed by atoms with Crippen LogP contribution in [0.25, 0.3) is 10.2 Å². The molecule has 3 nitrogen and oxygen atoms in total. The fourth-order valence-electron chi connectivity index (χ4n) is 3.02. The summed E-state index contributed by atoms with van der Waals surface area (Å²) in [4.78, 5) is 4.71. The fourth-order valence-corrected chi connectivity index (χ4v) is 4.24. The lowest BCUT2D eigenvalue weighted by Gasteiger charge is -2.11. The molecule has 0 aliphatic rings. The first-order valence-electron chi connectivity index (χ1n) is 9.28. The van der Waals surface area contributed by atoms with Crippen molar-refractivity contribution in [3.63, 3.8) is 0 Å². The molecule has 0 spiro atoms. The second-order valence-corrected chi connectivity index (χ2v) is 8.09. The van der Waals surface area contributed by atoms with Crippen LogP contribution in [0.4, 0.5) is 5.69 Å². The molecule has 140 valence electrons. The first-order valence-corrected chi connectivity index (χ1v) is 10.5. The first-order chi connectivity index (χ1) is 13.8. The first kappa shape index (κ1) is 18.6. The summed E-state index contributed by atoms with van der Waals surface area (Å²) in [6.07, 6.45) is 1.79. The topological polar surface area (TPSA) is 37.0 Å². The largest absolute Gasteiger partial charge is 0.362 e. The van der Waals surface area contributed by atoms with Gasteiger partial charge < -0.3 is 10.6 Å². The maximum Gasteiger partial charge on any atom is 0.170 e. The highest BCUT2D eigenvalue weighted by Gasteiger charge is 2.05. The number of anilines is 1. The van der Waals surface area contributed by atoms with Crippen molar-refractivity contribution in [2.75, 3.05) is 11.9 Å². The summed E-state index contributed by atoms with van der Waals surface area (Å²) < 4.78 is 1.24. The van der Waals surface area contributed by atoms with Gasteiger partial charge in [0.15, 0.2) is 5.11 Å². The van der Waals surface area contributed by atoms with E-state index >= 15 is 0 Å². The highest BCUT2D eigenvalue weighted by Crippen LogP contribution is 2.24. The molecule has 0 aliphatic heterocycles. The van der Waals surface area contributed by atoms with Crippen LogP contribution in [0.5, 0.6) is 0 Å². The van der Waals surface area contributed by atoms with Gasteiger partial charge in [-0.25, -0.2) is 4.98 Å². The summed E-state index contributed by atoms with van der Waals surface area (Å²) in [6, 6.07) is 27.1. The molecule has 3 aromatic carbocycles. The maximum atomic E-state index is 5.40. The standard InChI is InChI=1S/C23H21N3S2/c27-23(24-15-14-17-6-2-1-3-7-17)25-19-12-10-18(11-13-19)16-22-26-20-8-4-5-9-21(20)28-22/h1-13H,14-16H2,(H2,24,25,27). The third kappa shape index (κ3) is 4.94. The van der Waals surface area contributed by atoms with E-state index in [4.69, 9.17) is 17.2 Å². The van der Waals surface area contributed by atoms with Crippen LogP contribution in [0.1, 0.15) is 16.1 Å². The van der Waals surface area contributed by atoms with E-state index in [2.05, 4.69) is 77.4 Å². The van der Waals surface area contributed by atoms with Gasteiger partial charge >= 0.3 is 0 Å². The highest BCUT2D eigenvalue weighted by molar-refractivity contribution is 7.80. The SMILES string of the molecule is S=C(NCCc1ccccc1)Nc1ccc(Cc2nc3ccccc3s2)cc1. The Balaban J connectivity index is 1.28. The van der Waals surface area contributed by atoms with Crippen LogP contribution in [0.2, 0.25) is 0 Å². The summed E-state index contributed by atoms with van der Waals surface area (Å²) in [5.74, 6) is 0. The molecule has 5 heteroatoms. The predicted octanol–water partition coefficient (Wildman–Crippen LogP) is 5.42. The zero-order valence-corrected chi connectivity index (χ0v) is 17.0. The van der Waals surface area contributed by atoms with E-state index in [1.54, 1.807) is 11.3 Å². The quantitative estimate of drug-likeness (QED) is 0.422. The number of nitrogens with zero attached hydrogens (tertiary/aromatic N) is 1. The molecule has 1 heterocycles. The minimum atomic E-state index is 0.648. The van der Waals surface area contributed by atoms with Crippen molar-refractivity contribution in [1.82, 2.24) is 10.3 Å². The van der Waals surface area contributed by atoms with Crippen molar-refractivity contribution < 1.29 is 0 Å². The van der Waals surface area contributed by atoms with Crippen molar-refractivity contribution in [2.45, 2.75) is 12.8 Å². The lowest BCUT2D eigenvalue weighted by Crippen LogP contribution is -2.30. The normalized spacial score (nSPS) is 10.7. The third-order valence-corrected chi connectivity index (χ3v) is 5.73. The zero-order valence-electron chi connectivity index (χ0n) is 15.4. The summed E-state index contributed by atoms with van der Waals surface area (Å²) in [7, 11) is 0. The summed E-state index contributed by atoms with van der Waals surface area (Å²) in [6.45, 7) is 0.811. The highest BCUT2D eigenvalue weighted by atomic mass is 32.1. The van der Waals surface area contributed by atoms with Gasteiger partial charge in [0.1, 0.15) is 0 Å². The van der Waals surface area contributed by atoms with Crippen molar-refractivity contribution in [1.29, 1.82) is 0 Å². The molecule has 4 rings (SSSR count). The molecular weight excluding hydrogens is 382 g/mol. The number of fused-ring (bicyclic) bond motifs is 1. The average molecular weight is 404 g/mol. The molecule has 0 saturated carbocycles. The van der Waals surface area contributed by atoms with Crippen LogP contribution in [0.3, 0.4) is 0 Å². The van der Waals surface area contributed by atoms with E-state index in [0.717, 1.165) is 35.6 Å². The van der Waals surface area contributed by atoms with Crippen LogP contribution in [0.15, 0.2) is 78.9 Å². The van der Waals surface area contributed by atoms with Gasteiger partial charge in [0.2, 0.25) is 0 Å². The van der Waals surface area contributed by atoms with E-state index in [1.165, 1.54) is 15.8 Å². The molecule has 28 heavy (non-hydrogen) atoms. The number of hydrogen-bond donors (Lipinski definition) is 2. The van der Waals surface area contributed by atoms with E-state index in [9.17, 15) is 0 Å². The Morgan fingerprint density at radius 1 is 0.857 bits per heavy atom. The summed E-state index contributed by atoms with van der Waals surface area (Å²) in [5.41, 5.74) is 4.61. The van der Waals surface area contributed by atoms with Crippen LogP contribution in [-0.2, 0) is 12.8 Å². The van der Waals surface area contributed by atoms with Crippen LogP contribution in [0, 0.1) is 0 Å². The Morgan fingerprint density at radius 2 is 1.61 bits per heavy atom. The lowest BCUT2D eigenvalue weighted by molar-refractivity contribution is 0.873. The second-order valence-electron chi connectivity index (χ2n) is 6.57. The molecule has 2 N–H and O–H groups in total. The molecular formula is C23H21N3S2. The van der Waals surface area contributed by atoms with Gasteiger partial charge in [-0.3, -0.25) is 0 Å². The van der Waals surface area contributed by atoms with Crippen molar-refractivity contribution >= 4 is 44.6 Å². The van der Waals surface area contributed by atoms with E-state index in [1.807, 2.05) is 12.1 Å². The molecule has 0 bridgehead atoms. The van der Waals surface area contributed by atoms with Gasteiger partial charge in [-0.05, 0) is 54.0 Å². The summed E-state index contributed by atoms with van der Waals surface area (Å²) in [5, 5.41) is 8.30. The van der Waals surface area contributed by atoms with Crippen molar-refractivity contribution in [3.8, 4) is 0 Å². The van der Waals surface area contributed by atoms with Gasteiger partial charge in [0.25, 0.3) is 0 Å². The number of nitrogens with one attached hydrogen (secondary N) is 2. The fraction of sp³-hybridized carbons (Fsp3) is 0.130. The Kier molecular flexibility index (Phi) is 5.95. The zero-order chi connectivity index (χ0) is 19.2. The number of aromatic nitrogens is 1. The molecule has 0 unspecified atom stereocenters. The van der Waals surface area contributed by atoms with E-state index in [-0.39, 0.29) is 0 Å². The van der Waals surface area contributed by atoms with Gasteiger partial charge in [-0.15, -0.1) is 11.3 Å². The predicted molar refractivity (Wildman–Crippen MR) is 123 cm³/mol. The summed E-state index contributed by atoms with van der Waals surface area (Å²) >= 11 is 7.15. The van der Waals surface area contributed by atoms with Gasteiger partial charge in [-0.1, -0.05) is 54.6 Å². The Hall–Kier alpha value is -2.76. The molecule has 0 amide bonds. The smallest absolute Gasteiger partial charge is 0.170 e. The molecule has 0 aliphatic carbocycles. The number of benzene rings is 3. The number of hydrogen-bond acceptors (Lipinski definition) is 3. The molecule has 4 aromatic rings. The maximum absolute atomic E-state index is 5.40. The number of para-hydroxylation sites is 1. The minimum Gasteiger partial charge on any atom is -0.362 e. The number of thiocarbonyl (C=S) groups is 1. The minimum absolute atomic E-state index is 0.648. The van der Waals surface area contributed by atoms with E-state index in [0.29, 0.717) is 5.11 Å². The van der Waals surface area contributed by atoms with Gasteiger partial charge in [0, 0.05) is 18.7 Å². The lowest BCUT2D eigenvalue weighted by atomic mass is 10.1. The van der Waals surface area contributed by atoms with Crippen molar-refractivity contribution in [3.05, 3.63) is 95.0 Å². The van der Waals surface area contributed by atoms with Crippen LogP contribution >= 0.6 is 23.6 Å². The van der Waals surface area contributed by atoms with Crippen molar-refractivity contribution in [2.24, 2.45) is 0 Å². The number of thiazole rings is 1. The Labute approximate surface area is 174 Å². The molecule has 0 radical (unpaired) electrons. The average Bonchev–Trinajstić information content (AvgIpc) is 3.12. The van der Waals surface area contributed by atoms with E-state index < -0.39 is 0 Å². The molecule has 0 atom stereocenters. The monoisotopic (exact) mass is 403 g/mol.